The second kappa shape index (κ2) is 5.51. The molecule has 0 unspecified atom stereocenters. The van der Waals surface area contributed by atoms with Crippen molar-refractivity contribution in [3.63, 3.8) is 0 Å². The Bertz CT molecular complexity index is 377. The second-order valence-electron chi connectivity index (χ2n) is 3.68. The predicted molar refractivity (Wildman–Crippen MR) is 61.0 cm³/mol. The molecule has 4 heteroatoms. The molecule has 0 aliphatic heterocycles. The topological polar surface area (TPSA) is 72.5 Å². The molecule has 0 aliphatic rings. The largest absolute Gasteiger partial charge is 0.508 e. The van der Waals surface area contributed by atoms with Crippen LogP contribution in [-0.4, -0.2) is 17.7 Å². The Balaban J connectivity index is 2.72. The summed E-state index contributed by atoms with van der Waals surface area (Å²) >= 11 is 0. The smallest absolute Gasteiger partial charge is 0.307 e. The van der Waals surface area contributed by atoms with Crippen LogP contribution in [0.5, 0.6) is 5.75 Å². The first-order chi connectivity index (χ1) is 7.54. The van der Waals surface area contributed by atoms with Gasteiger partial charge in [0.05, 0.1) is 13.0 Å². The van der Waals surface area contributed by atoms with Gasteiger partial charge in [-0.2, -0.15) is 0 Å². The van der Waals surface area contributed by atoms with Gasteiger partial charge >= 0.3 is 5.97 Å². The van der Waals surface area contributed by atoms with Crippen molar-refractivity contribution in [2.45, 2.75) is 26.3 Å². The summed E-state index contributed by atoms with van der Waals surface area (Å²) in [5.41, 5.74) is 7.33. The van der Waals surface area contributed by atoms with Gasteiger partial charge in [0.1, 0.15) is 5.75 Å². The first kappa shape index (κ1) is 12.5. The molecule has 0 amide bonds. The summed E-state index contributed by atoms with van der Waals surface area (Å²) in [6, 6.07) is 4.68. The van der Waals surface area contributed by atoms with E-state index >= 15 is 0 Å². The number of phenolic OH excluding ortho intramolecular Hbond substituents is 1. The van der Waals surface area contributed by atoms with E-state index in [0.29, 0.717) is 12.2 Å². The summed E-state index contributed by atoms with van der Waals surface area (Å²) in [6.07, 6.45) is 0.0739. The minimum absolute atomic E-state index is 0.0739. The van der Waals surface area contributed by atoms with Crippen LogP contribution in [-0.2, 0) is 9.53 Å². The highest BCUT2D eigenvalue weighted by atomic mass is 16.5. The van der Waals surface area contributed by atoms with Crippen molar-refractivity contribution in [3.05, 3.63) is 29.3 Å². The number of hydrogen-bond donors (Lipinski definition) is 2. The average molecular weight is 223 g/mol. The van der Waals surface area contributed by atoms with Crippen LogP contribution in [0, 0.1) is 6.92 Å². The summed E-state index contributed by atoms with van der Waals surface area (Å²) in [4.78, 5) is 11.2. The zero-order valence-corrected chi connectivity index (χ0v) is 9.56. The summed E-state index contributed by atoms with van der Waals surface area (Å²) in [5, 5.41) is 9.67. The molecule has 1 rings (SSSR count). The number of ether oxygens (including phenoxy) is 1. The van der Waals surface area contributed by atoms with Crippen LogP contribution >= 0.6 is 0 Å². The van der Waals surface area contributed by atoms with Crippen LogP contribution in [0.2, 0.25) is 0 Å². The van der Waals surface area contributed by atoms with Crippen molar-refractivity contribution in [2.24, 2.45) is 5.73 Å². The zero-order chi connectivity index (χ0) is 12.1. The molecule has 0 saturated carbocycles. The number of rotatable bonds is 4. The highest BCUT2D eigenvalue weighted by Gasteiger charge is 2.15. The summed E-state index contributed by atoms with van der Waals surface area (Å²) in [6.45, 7) is 3.96. The molecule has 16 heavy (non-hydrogen) atoms. The lowest BCUT2D eigenvalue weighted by Crippen LogP contribution is -2.17. The van der Waals surface area contributed by atoms with Crippen molar-refractivity contribution < 1.29 is 14.6 Å². The Hall–Kier alpha value is -1.55. The van der Waals surface area contributed by atoms with Crippen molar-refractivity contribution in [1.82, 2.24) is 0 Å². The van der Waals surface area contributed by atoms with Gasteiger partial charge in [0.25, 0.3) is 0 Å². The number of aryl methyl sites for hydroxylation is 1. The van der Waals surface area contributed by atoms with Gasteiger partial charge in [-0.05, 0) is 25.5 Å². The van der Waals surface area contributed by atoms with Gasteiger partial charge in [0.15, 0.2) is 0 Å². The van der Waals surface area contributed by atoms with Gasteiger partial charge in [-0.1, -0.05) is 12.1 Å². The maximum Gasteiger partial charge on any atom is 0.307 e. The Kier molecular flexibility index (Phi) is 4.31. The zero-order valence-electron chi connectivity index (χ0n) is 9.56. The maximum atomic E-state index is 11.2. The Morgan fingerprint density at radius 3 is 2.81 bits per heavy atom. The third-order valence-electron chi connectivity index (χ3n) is 2.28. The molecule has 0 bridgehead atoms. The van der Waals surface area contributed by atoms with E-state index in [1.165, 1.54) is 0 Å². The fourth-order valence-corrected chi connectivity index (χ4v) is 1.48. The molecule has 1 aromatic carbocycles. The van der Waals surface area contributed by atoms with E-state index in [2.05, 4.69) is 0 Å². The maximum absolute atomic E-state index is 11.2. The van der Waals surface area contributed by atoms with Gasteiger partial charge in [-0.25, -0.2) is 0 Å². The highest BCUT2D eigenvalue weighted by Crippen LogP contribution is 2.25. The quantitative estimate of drug-likeness (QED) is 0.761. The summed E-state index contributed by atoms with van der Waals surface area (Å²) in [5.74, 6) is -0.230. The van der Waals surface area contributed by atoms with E-state index < -0.39 is 6.04 Å². The molecule has 4 nitrogen and oxygen atoms in total. The lowest BCUT2D eigenvalue weighted by atomic mass is 10.0. The molecular formula is C12H17NO3. The molecule has 0 fully saturated rings. The summed E-state index contributed by atoms with van der Waals surface area (Å²) < 4.78 is 4.80. The van der Waals surface area contributed by atoms with Gasteiger partial charge in [-0.3, -0.25) is 4.79 Å². The molecule has 1 atom stereocenters. The lowest BCUT2D eigenvalue weighted by Gasteiger charge is -2.13. The molecule has 88 valence electrons. The van der Waals surface area contributed by atoms with E-state index in [1.807, 2.05) is 13.0 Å². The molecular weight excluding hydrogens is 206 g/mol. The van der Waals surface area contributed by atoms with Gasteiger partial charge in [0, 0.05) is 11.6 Å². The monoisotopic (exact) mass is 223 g/mol. The first-order valence-corrected chi connectivity index (χ1v) is 5.25. The number of phenols is 1. The third-order valence-corrected chi connectivity index (χ3v) is 2.28. The number of carbonyl (C=O) groups excluding carboxylic acids is 1. The molecule has 0 heterocycles. The number of carbonyl (C=O) groups is 1. The molecule has 0 radical (unpaired) electrons. The van der Waals surface area contributed by atoms with Gasteiger partial charge in [-0.15, -0.1) is 0 Å². The van der Waals surface area contributed by atoms with Crippen LogP contribution in [0.25, 0.3) is 0 Å². The van der Waals surface area contributed by atoms with E-state index in [9.17, 15) is 9.90 Å². The number of hydrogen-bond acceptors (Lipinski definition) is 4. The Labute approximate surface area is 95.0 Å². The minimum Gasteiger partial charge on any atom is -0.508 e. The Morgan fingerprint density at radius 1 is 1.56 bits per heavy atom. The fraction of sp³-hybridized carbons (Fsp3) is 0.417. The SMILES string of the molecule is CCOC(=O)C[C@@H](N)c1ccc(C)cc1O. The molecule has 0 aliphatic carbocycles. The van der Waals surface area contributed by atoms with Gasteiger partial charge in [0.2, 0.25) is 0 Å². The minimum atomic E-state index is -0.528. The number of nitrogens with two attached hydrogens (primary N) is 1. The van der Waals surface area contributed by atoms with E-state index in [-0.39, 0.29) is 18.1 Å². The van der Waals surface area contributed by atoms with Crippen molar-refractivity contribution >= 4 is 5.97 Å². The van der Waals surface area contributed by atoms with Crippen LogP contribution in [0.4, 0.5) is 0 Å². The molecule has 0 aromatic heterocycles. The van der Waals surface area contributed by atoms with Crippen LogP contribution in [0.15, 0.2) is 18.2 Å². The van der Waals surface area contributed by atoms with Crippen LogP contribution in [0.3, 0.4) is 0 Å². The normalized spacial score (nSPS) is 12.2. The van der Waals surface area contributed by atoms with Gasteiger partial charge < -0.3 is 15.6 Å². The number of aromatic hydroxyl groups is 1. The summed E-state index contributed by atoms with van der Waals surface area (Å²) in [7, 11) is 0. The highest BCUT2D eigenvalue weighted by molar-refractivity contribution is 5.70. The van der Waals surface area contributed by atoms with Crippen molar-refractivity contribution in [3.8, 4) is 5.75 Å². The molecule has 1 aromatic rings. The third kappa shape index (κ3) is 3.24. The van der Waals surface area contributed by atoms with E-state index in [4.69, 9.17) is 10.5 Å². The molecule has 0 spiro atoms. The Morgan fingerprint density at radius 2 is 2.25 bits per heavy atom. The lowest BCUT2D eigenvalue weighted by molar-refractivity contribution is -0.143. The first-order valence-electron chi connectivity index (χ1n) is 5.25. The van der Waals surface area contributed by atoms with Crippen molar-refractivity contribution in [2.75, 3.05) is 6.61 Å². The van der Waals surface area contributed by atoms with Crippen LogP contribution in [0.1, 0.15) is 30.5 Å². The molecule has 3 N–H and O–H groups in total. The second-order valence-corrected chi connectivity index (χ2v) is 3.68. The van der Waals surface area contributed by atoms with Crippen molar-refractivity contribution in [1.29, 1.82) is 0 Å². The number of esters is 1. The number of benzene rings is 1. The van der Waals surface area contributed by atoms with Crippen LogP contribution < -0.4 is 5.73 Å². The average Bonchev–Trinajstić information content (AvgIpc) is 2.17. The fourth-order valence-electron chi connectivity index (χ4n) is 1.48. The van der Waals surface area contributed by atoms with E-state index in [1.54, 1.807) is 19.1 Å². The standard InChI is InChI=1S/C12H17NO3/c1-3-16-12(15)7-10(13)9-5-4-8(2)6-11(9)14/h4-6,10,14H,3,7,13H2,1-2H3/t10-/m1/s1. The predicted octanol–water partition coefficient (Wildman–Crippen LogP) is 1.65. The van der Waals surface area contributed by atoms with E-state index in [0.717, 1.165) is 5.56 Å². The molecule has 0 saturated heterocycles.